The predicted octanol–water partition coefficient (Wildman–Crippen LogP) is 1.03. The van der Waals surface area contributed by atoms with Gasteiger partial charge in [0.05, 0.1) is 0 Å². The van der Waals surface area contributed by atoms with Crippen molar-refractivity contribution in [3.8, 4) is 0 Å². The normalized spacial score (nSPS) is 18.6. The molecular formula is C12H11N5. The minimum Gasteiger partial charge on any atom is -0.302 e. The number of aliphatic imine (C=N–C) groups is 1. The van der Waals surface area contributed by atoms with Crippen LogP contribution in [0.1, 0.15) is 17.4 Å². The summed E-state index contributed by atoms with van der Waals surface area (Å²) in [5.74, 6) is 0.737. The third kappa shape index (κ3) is 2.00. The molecule has 2 aromatic rings. The number of nitrogens with zero attached hydrogens (tertiary/aromatic N) is 3. The molecular weight excluding hydrogens is 214 g/mol. The maximum absolute atomic E-state index is 4.53. The molecule has 1 aliphatic heterocycles. The van der Waals surface area contributed by atoms with E-state index >= 15 is 0 Å². The first-order valence-corrected chi connectivity index (χ1v) is 5.34. The molecule has 3 rings (SSSR count). The molecule has 17 heavy (non-hydrogen) atoms. The van der Waals surface area contributed by atoms with Gasteiger partial charge in [-0.15, -0.1) is 0 Å². The summed E-state index contributed by atoms with van der Waals surface area (Å²) in [7, 11) is 0. The van der Waals surface area contributed by atoms with E-state index in [0.717, 1.165) is 17.1 Å². The maximum Gasteiger partial charge on any atom is 0.163 e. The van der Waals surface area contributed by atoms with Crippen LogP contribution in [0.5, 0.6) is 0 Å². The first-order chi connectivity index (χ1) is 8.43. The van der Waals surface area contributed by atoms with E-state index in [1.165, 1.54) is 6.33 Å². The number of aromatic nitrogens is 2. The SMILES string of the molecule is c1ccc(C2N=C(c3ccncn3)NN2)cc1. The van der Waals surface area contributed by atoms with Crippen molar-refractivity contribution < 1.29 is 0 Å². The van der Waals surface area contributed by atoms with E-state index in [1.807, 2.05) is 36.4 Å². The van der Waals surface area contributed by atoms with Gasteiger partial charge in [0.1, 0.15) is 18.2 Å². The lowest BCUT2D eigenvalue weighted by molar-refractivity contribution is 0.575. The second kappa shape index (κ2) is 4.31. The van der Waals surface area contributed by atoms with Gasteiger partial charge >= 0.3 is 0 Å². The smallest absolute Gasteiger partial charge is 0.163 e. The van der Waals surface area contributed by atoms with Gasteiger partial charge in [0.15, 0.2) is 5.84 Å². The molecule has 0 fully saturated rings. The zero-order chi connectivity index (χ0) is 11.5. The molecule has 2 heterocycles. The fourth-order valence-electron chi connectivity index (χ4n) is 1.68. The van der Waals surface area contributed by atoms with Crippen LogP contribution in [0.25, 0.3) is 0 Å². The van der Waals surface area contributed by atoms with Crippen molar-refractivity contribution in [3.05, 3.63) is 60.2 Å². The van der Waals surface area contributed by atoms with Crippen LogP contribution in [0, 0.1) is 0 Å². The number of benzene rings is 1. The van der Waals surface area contributed by atoms with Crippen molar-refractivity contribution in [1.29, 1.82) is 0 Å². The first kappa shape index (κ1) is 9.92. The molecule has 1 aromatic heterocycles. The first-order valence-electron chi connectivity index (χ1n) is 5.34. The lowest BCUT2D eigenvalue weighted by atomic mass is 10.2. The number of hydrogen-bond donors (Lipinski definition) is 2. The summed E-state index contributed by atoms with van der Waals surface area (Å²) >= 11 is 0. The second-order valence-corrected chi connectivity index (χ2v) is 3.65. The van der Waals surface area contributed by atoms with Gasteiger partial charge in [0, 0.05) is 6.20 Å². The summed E-state index contributed by atoms with van der Waals surface area (Å²) in [5.41, 5.74) is 8.04. The minimum atomic E-state index is -0.0684. The number of hydrogen-bond acceptors (Lipinski definition) is 5. The van der Waals surface area contributed by atoms with Gasteiger partial charge in [-0.1, -0.05) is 30.3 Å². The molecule has 1 atom stereocenters. The molecule has 0 amide bonds. The van der Waals surface area contributed by atoms with Crippen molar-refractivity contribution in [3.63, 3.8) is 0 Å². The van der Waals surface area contributed by atoms with Crippen molar-refractivity contribution in [2.75, 3.05) is 0 Å². The van der Waals surface area contributed by atoms with E-state index in [0.29, 0.717) is 0 Å². The Balaban J connectivity index is 1.87. The van der Waals surface area contributed by atoms with E-state index in [1.54, 1.807) is 6.20 Å². The Morgan fingerprint density at radius 2 is 1.94 bits per heavy atom. The molecule has 2 N–H and O–H groups in total. The average molecular weight is 225 g/mol. The Morgan fingerprint density at radius 3 is 2.71 bits per heavy atom. The van der Waals surface area contributed by atoms with Gasteiger partial charge in [-0.3, -0.25) is 0 Å². The summed E-state index contributed by atoms with van der Waals surface area (Å²) in [6.45, 7) is 0. The zero-order valence-electron chi connectivity index (χ0n) is 9.04. The average Bonchev–Trinajstić information content (AvgIpc) is 2.90. The lowest BCUT2D eigenvalue weighted by Gasteiger charge is -2.06. The van der Waals surface area contributed by atoms with Gasteiger partial charge in [-0.05, 0) is 11.6 Å². The van der Waals surface area contributed by atoms with Gasteiger partial charge in [-0.2, -0.15) is 0 Å². The molecule has 0 saturated heterocycles. The van der Waals surface area contributed by atoms with Crippen LogP contribution in [0.3, 0.4) is 0 Å². The van der Waals surface area contributed by atoms with Gasteiger partial charge in [0.25, 0.3) is 0 Å². The molecule has 0 spiro atoms. The summed E-state index contributed by atoms with van der Waals surface area (Å²) in [4.78, 5) is 12.6. The largest absolute Gasteiger partial charge is 0.302 e. The molecule has 0 radical (unpaired) electrons. The Hall–Kier alpha value is -2.27. The van der Waals surface area contributed by atoms with Crippen LogP contribution in [0.2, 0.25) is 0 Å². The maximum atomic E-state index is 4.53. The highest BCUT2D eigenvalue weighted by molar-refractivity contribution is 5.97. The molecule has 1 aliphatic rings. The van der Waals surface area contributed by atoms with Crippen molar-refractivity contribution >= 4 is 5.84 Å². The third-order valence-corrected chi connectivity index (χ3v) is 2.53. The summed E-state index contributed by atoms with van der Waals surface area (Å²) < 4.78 is 0. The van der Waals surface area contributed by atoms with E-state index in [4.69, 9.17) is 0 Å². The van der Waals surface area contributed by atoms with Crippen molar-refractivity contribution in [2.45, 2.75) is 6.17 Å². The van der Waals surface area contributed by atoms with E-state index in [-0.39, 0.29) is 6.17 Å². The van der Waals surface area contributed by atoms with E-state index in [2.05, 4.69) is 25.8 Å². The van der Waals surface area contributed by atoms with Crippen LogP contribution in [-0.2, 0) is 0 Å². The monoisotopic (exact) mass is 225 g/mol. The number of hydrazine groups is 1. The Morgan fingerprint density at radius 1 is 1.06 bits per heavy atom. The Labute approximate surface area is 98.6 Å². The molecule has 0 aliphatic carbocycles. The highest BCUT2D eigenvalue weighted by Crippen LogP contribution is 2.17. The van der Waals surface area contributed by atoms with Crippen molar-refractivity contribution in [1.82, 2.24) is 20.8 Å². The molecule has 84 valence electrons. The van der Waals surface area contributed by atoms with Crippen LogP contribution in [0.4, 0.5) is 0 Å². The van der Waals surface area contributed by atoms with Crippen LogP contribution in [-0.4, -0.2) is 15.8 Å². The molecule has 5 heteroatoms. The predicted molar refractivity (Wildman–Crippen MR) is 64.0 cm³/mol. The molecule has 5 nitrogen and oxygen atoms in total. The minimum absolute atomic E-state index is 0.0684. The quantitative estimate of drug-likeness (QED) is 0.801. The molecule has 0 saturated carbocycles. The second-order valence-electron chi connectivity index (χ2n) is 3.65. The standard InChI is InChI=1S/C12H11N5/c1-2-4-9(5-3-1)11-15-12(17-16-11)10-6-7-13-8-14-10/h1-8,11,16H,(H,15,17). The van der Waals surface area contributed by atoms with Crippen molar-refractivity contribution in [2.24, 2.45) is 4.99 Å². The topological polar surface area (TPSA) is 62.2 Å². The number of rotatable bonds is 2. The molecule has 1 aromatic carbocycles. The Bertz CT molecular complexity index is 523. The zero-order valence-corrected chi connectivity index (χ0v) is 9.04. The fraction of sp³-hybridized carbons (Fsp3) is 0.0833. The number of amidine groups is 1. The van der Waals surface area contributed by atoms with Gasteiger partial charge in [0.2, 0.25) is 0 Å². The summed E-state index contributed by atoms with van der Waals surface area (Å²) in [6, 6.07) is 11.9. The number of nitrogens with one attached hydrogen (secondary N) is 2. The summed E-state index contributed by atoms with van der Waals surface area (Å²) in [6.07, 6.45) is 3.14. The van der Waals surface area contributed by atoms with Crippen LogP contribution in [0.15, 0.2) is 53.9 Å². The van der Waals surface area contributed by atoms with Crippen LogP contribution >= 0.6 is 0 Å². The van der Waals surface area contributed by atoms with Gasteiger partial charge in [-0.25, -0.2) is 20.4 Å². The lowest BCUT2D eigenvalue weighted by Crippen LogP contribution is -2.32. The summed E-state index contributed by atoms with van der Waals surface area (Å²) in [5, 5.41) is 0. The van der Waals surface area contributed by atoms with E-state index in [9.17, 15) is 0 Å². The van der Waals surface area contributed by atoms with E-state index < -0.39 is 0 Å². The fourth-order valence-corrected chi connectivity index (χ4v) is 1.68. The Kier molecular flexibility index (Phi) is 2.51. The van der Waals surface area contributed by atoms with Gasteiger partial charge < -0.3 is 5.43 Å². The molecule has 0 bridgehead atoms. The highest BCUT2D eigenvalue weighted by atomic mass is 15.5. The molecule has 1 unspecified atom stereocenters. The highest BCUT2D eigenvalue weighted by Gasteiger charge is 2.18. The third-order valence-electron chi connectivity index (χ3n) is 2.53. The van der Waals surface area contributed by atoms with Crippen LogP contribution < -0.4 is 10.9 Å².